The molecule has 136 valence electrons. The fourth-order valence-corrected chi connectivity index (χ4v) is 3.08. The van der Waals surface area contributed by atoms with E-state index in [0.29, 0.717) is 18.0 Å². The molecule has 6 nitrogen and oxygen atoms in total. The molecule has 25 heavy (non-hydrogen) atoms. The third-order valence-electron chi connectivity index (χ3n) is 3.60. The minimum Gasteiger partial charge on any atom is -0.338 e. The highest BCUT2D eigenvalue weighted by Crippen LogP contribution is 2.18. The number of hydrogen-bond acceptors (Lipinski definition) is 3. The van der Waals surface area contributed by atoms with Crippen LogP contribution in [0.3, 0.4) is 0 Å². The second-order valence-electron chi connectivity index (χ2n) is 6.84. The summed E-state index contributed by atoms with van der Waals surface area (Å²) in [7, 11) is -0.966. The van der Waals surface area contributed by atoms with Crippen LogP contribution in [-0.2, 0) is 23.1 Å². The van der Waals surface area contributed by atoms with Crippen molar-refractivity contribution in [3.63, 3.8) is 0 Å². The Labute approximate surface area is 151 Å². The molecule has 0 aliphatic carbocycles. The molecule has 7 heteroatoms. The molecule has 1 heterocycles. The summed E-state index contributed by atoms with van der Waals surface area (Å²) < 4.78 is 14.0. The summed E-state index contributed by atoms with van der Waals surface area (Å²) in [6, 6.07) is 7.25. The number of amides is 2. The van der Waals surface area contributed by atoms with Crippen molar-refractivity contribution in [2.24, 2.45) is 0 Å². The van der Waals surface area contributed by atoms with Gasteiger partial charge in [-0.3, -0.25) is 4.21 Å². The highest BCUT2D eigenvalue weighted by Gasteiger charge is 2.19. The van der Waals surface area contributed by atoms with Gasteiger partial charge in [-0.25, -0.2) is 9.78 Å². The van der Waals surface area contributed by atoms with Crippen LogP contribution in [0.1, 0.15) is 32.8 Å². The third kappa shape index (κ3) is 6.70. The summed E-state index contributed by atoms with van der Waals surface area (Å²) in [6.07, 6.45) is 6.22. The van der Waals surface area contributed by atoms with Crippen molar-refractivity contribution in [3.05, 3.63) is 48.5 Å². The molecule has 0 aliphatic rings. The van der Waals surface area contributed by atoms with Crippen molar-refractivity contribution in [2.45, 2.75) is 44.2 Å². The van der Waals surface area contributed by atoms with E-state index < -0.39 is 10.8 Å². The van der Waals surface area contributed by atoms with E-state index in [-0.39, 0.29) is 10.8 Å². The predicted molar refractivity (Wildman–Crippen MR) is 102 cm³/mol. The minimum absolute atomic E-state index is 0.236. The maximum absolute atomic E-state index is 12.2. The molecule has 2 rings (SSSR count). The zero-order valence-electron chi connectivity index (χ0n) is 15.0. The number of urea groups is 1. The topological polar surface area (TPSA) is 76.0 Å². The van der Waals surface area contributed by atoms with Crippen molar-refractivity contribution < 1.29 is 9.00 Å². The van der Waals surface area contributed by atoms with Crippen LogP contribution < -0.4 is 10.6 Å². The van der Waals surface area contributed by atoms with Crippen LogP contribution in [0.5, 0.6) is 0 Å². The summed E-state index contributed by atoms with van der Waals surface area (Å²) in [5, 5.41) is 5.65. The first-order chi connectivity index (χ1) is 11.8. The molecule has 0 saturated heterocycles. The molecule has 0 saturated carbocycles. The van der Waals surface area contributed by atoms with Crippen molar-refractivity contribution in [2.75, 3.05) is 11.9 Å². The van der Waals surface area contributed by atoms with Crippen molar-refractivity contribution in [3.8, 4) is 0 Å². The Hall–Kier alpha value is -2.15. The molecule has 1 aromatic heterocycles. The van der Waals surface area contributed by atoms with E-state index in [2.05, 4.69) is 15.6 Å². The van der Waals surface area contributed by atoms with Gasteiger partial charge in [-0.2, -0.15) is 0 Å². The number of hydrogen-bond donors (Lipinski definition) is 2. The first-order valence-electron chi connectivity index (χ1n) is 8.32. The normalized spacial score (nSPS) is 12.6. The summed E-state index contributed by atoms with van der Waals surface area (Å²) >= 11 is 0. The average Bonchev–Trinajstić information content (AvgIpc) is 3.04. The molecule has 2 N–H and O–H groups in total. The van der Waals surface area contributed by atoms with E-state index in [9.17, 15) is 9.00 Å². The first-order valence-corrected chi connectivity index (χ1v) is 9.64. The molecule has 1 aromatic carbocycles. The van der Waals surface area contributed by atoms with E-state index in [0.717, 1.165) is 18.5 Å². The van der Waals surface area contributed by atoms with Crippen LogP contribution in [-0.4, -0.2) is 31.1 Å². The molecule has 0 bridgehead atoms. The Bertz CT molecular complexity index is 708. The lowest BCUT2D eigenvalue weighted by Gasteiger charge is -2.18. The zero-order valence-corrected chi connectivity index (χ0v) is 15.8. The van der Waals surface area contributed by atoms with Gasteiger partial charge in [-0.15, -0.1) is 0 Å². The second-order valence-corrected chi connectivity index (χ2v) is 9.04. The standard InChI is InChI=1S/C18H26N4O2S/c1-18(2,3)25(24)13-15-6-4-7-16(12-15)21-17(23)20-8-5-10-22-11-9-19-14-22/h4,6-7,9,11-12,14H,5,8,10,13H2,1-3H3,(H2,20,21,23). The highest BCUT2D eigenvalue weighted by atomic mass is 32.2. The van der Waals surface area contributed by atoms with E-state index in [1.54, 1.807) is 12.5 Å². The molecule has 0 spiro atoms. The SMILES string of the molecule is CC(C)(C)S(=O)Cc1cccc(NC(=O)NCCCn2ccnc2)c1. The zero-order chi connectivity index (χ0) is 18.3. The Kier molecular flexibility index (Phi) is 6.75. The van der Waals surface area contributed by atoms with Gasteiger partial charge in [-0.1, -0.05) is 12.1 Å². The van der Waals surface area contributed by atoms with E-state index in [1.807, 2.05) is 55.8 Å². The lowest BCUT2D eigenvalue weighted by molar-refractivity contribution is 0.252. The number of anilines is 1. The van der Waals surface area contributed by atoms with Gasteiger partial charge in [-0.05, 0) is 44.9 Å². The lowest BCUT2D eigenvalue weighted by atomic mass is 10.2. The molecule has 0 fully saturated rings. The first kappa shape index (κ1) is 19.2. The van der Waals surface area contributed by atoms with Crippen molar-refractivity contribution in [1.29, 1.82) is 0 Å². The van der Waals surface area contributed by atoms with E-state index >= 15 is 0 Å². The number of nitrogens with zero attached hydrogens (tertiary/aromatic N) is 2. The summed E-state index contributed by atoms with van der Waals surface area (Å²) in [5.41, 5.74) is 1.65. The maximum atomic E-state index is 12.2. The highest BCUT2D eigenvalue weighted by molar-refractivity contribution is 7.85. The number of aromatic nitrogens is 2. The fourth-order valence-electron chi connectivity index (χ4n) is 2.16. The minimum atomic E-state index is -0.966. The van der Waals surface area contributed by atoms with Gasteiger partial charge in [0.15, 0.2) is 0 Å². The van der Waals surface area contributed by atoms with Crippen LogP contribution >= 0.6 is 0 Å². The average molecular weight is 362 g/mol. The fraction of sp³-hybridized carbons (Fsp3) is 0.444. The number of aryl methyl sites for hydroxylation is 1. The Morgan fingerprint density at radius 1 is 1.32 bits per heavy atom. The maximum Gasteiger partial charge on any atom is 0.319 e. The number of rotatable bonds is 7. The molecule has 0 aliphatic heterocycles. The predicted octanol–water partition coefficient (Wildman–Crippen LogP) is 3.14. The van der Waals surface area contributed by atoms with Crippen LogP contribution in [0.4, 0.5) is 10.5 Å². The summed E-state index contributed by atoms with van der Waals surface area (Å²) in [6.45, 7) is 7.28. The number of imidazole rings is 1. The lowest BCUT2D eigenvalue weighted by Crippen LogP contribution is -2.30. The van der Waals surface area contributed by atoms with Crippen molar-refractivity contribution >= 4 is 22.5 Å². The molecular weight excluding hydrogens is 336 g/mol. The summed E-state index contributed by atoms with van der Waals surface area (Å²) in [4.78, 5) is 15.9. The van der Waals surface area contributed by atoms with Gasteiger partial charge < -0.3 is 15.2 Å². The Morgan fingerprint density at radius 3 is 2.80 bits per heavy atom. The van der Waals surface area contributed by atoms with Gasteiger partial charge in [0.05, 0.1) is 6.33 Å². The van der Waals surface area contributed by atoms with E-state index in [1.165, 1.54) is 0 Å². The molecule has 0 radical (unpaired) electrons. The monoisotopic (exact) mass is 362 g/mol. The van der Waals surface area contributed by atoms with Gasteiger partial charge >= 0.3 is 6.03 Å². The molecule has 1 unspecified atom stereocenters. The van der Waals surface area contributed by atoms with Crippen LogP contribution in [0.25, 0.3) is 0 Å². The molecular formula is C18H26N4O2S. The Balaban J connectivity index is 1.78. The van der Waals surface area contributed by atoms with Crippen molar-refractivity contribution in [1.82, 2.24) is 14.9 Å². The van der Waals surface area contributed by atoms with Gasteiger partial charge in [0, 0.05) is 52.5 Å². The summed E-state index contributed by atoms with van der Waals surface area (Å²) in [5.74, 6) is 0.478. The van der Waals surface area contributed by atoms with Crippen LogP contribution in [0.2, 0.25) is 0 Å². The van der Waals surface area contributed by atoms with Crippen LogP contribution in [0.15, 0.2) is 43.0 Å². The second kappa shape index (κ2) is 8.80. The third-order valence-corrected chi connectivity index (χ3v) is 5.57. The van der Waals surface area contributed by atoms with Gasteiger partial charge in [0.1, 0.15) is 0 Å². The number of carbonyl (C=O) groups excluding carboxylic acids is 1. The van der Waals surface area contributed by atoms with E-state index in [4.69, 9.17) is 0 Å². The smallest absolute Gasteiger partial charge is 0.319 e. The van der Waals surface area contributed by atoms with Gasteiger partial charge in [0.2, 0.25) is 0 Å². The molecule has 2 amide bonds. The number of benzene rings is 1. The quantitative estimate of drug-likeness (QED) is 0.743. The number of nitrogens with one attached hydrogen (secondary N) is 2. The Morgan fingerprint density at radius 2 is 2.12 bits per heavy atom. The molecule has 1 atom stereocenters. The van der Waals surface area contributed by atoms with Gasteiger partial charge in [0.25, 0.3) is 0 Å². The molecule has 2 aromatic rings. The largest absolute Gasteiger partial charge is 0.338 e. The van der Waals surface area contributed by atoms with Crippen LogP contribution in [0, 0.1) is 0 Å². The number of carbonyl (C=O) groups is 1.